The average molecular weight is 512 g/mol. The molecule has 3 N–H and O–H groups in total. The van der Waals surface area contributed by atoms with Crippen molar-refractivity contribution in [1.29, 1.82) is 0 Å². The number of allylic oxidation sites excluding steroid dienone is 4. The minimum atomic E-state index is -0.876. The zero-order valence-electron chi connectivity index (χ0n) is 22.6. The van der Waals surface area contributed by atoms with E-state index >= 15 is 0 Å². The molecule has 0 aliphatic carbocycles. The molecule has 1 aliphatic heterocycles. The number of hydrogen-bond acceptors (Lipinski definition) is 6. The van der Waals surface area contributed by atoms with Crippen LogP contribution in [-0.2, 0) is 30.5 Å². The quantitative estimate of drug-likeness (QED) is 0.211. The third-order valence-corrected chi connectivity index (χ3v) is 5.83. The summed E-state index contributed by atoms with van der Waals surface area (Å²) in [5, 5.41) is 8.77. The van der Waals surface area contributed by atoms with Crippen LogP contribution in [0.3, 0.4) is 0 Å². The first-order valence-corrected chi connectivity index (χ1v) is 12.7. The van der Waals surface area contributed by atoms with Gasteiger partial charge in [0, 0.05) is 18.7 Å². The lowest BCUT2D eigenvalue weighted by Crippen LogP contribution is -2.50. The Morgan fingerprint density at radius 2 is 1.95 bits per heavy atom. The van der Waals surface area contributed by atoms with E-state index in [-0.39, 0.29) is 30.8 Å². The Morgan fingerprint density at radius 3 is 2.59 bits per heavy atom. The lowest BCUT2D eigenvalue weighted by molar-refractivity contribution is -0.168. The maximum absolute atomic E-state index is 12.7. The molecule has 8 nitrogen and oxygen atoms in total. The van der Waals surface area contributed by atoms with Crippen LogP contribution in [0.25, 0.3) is 0 Å². The third-order valence-electron chi connectivity index (χ3n) is 5.83. The number of ether oxygens (including phenoxy) is 2. The SMILES string of the molecule is C=C(NCCCC(=O)NC(C)C(=O)NC1CC(=O)OC1OCc1ccccc1)/C(=C\C=C/C)C(C)(C)C. The molecule has 37 heavy (non-hydrogen) atoms. The van der Waals surface area contributed by atoms with Crippen molar-refractivity contribution < 1.29 is 23.9 Å². The molecule has 202 valence electrons. The Hall–Kier alpha value is -3.39. The van der Waals surface area contributed by atoms with Crippen molar-refractivity contribution in [3.05, 3.63) is 72.0 Å². The van der Waals surface area contributed by atoms with Crippen LogP contribution in [0.5, 0.6) is 0 Å². The lowest BCUT2D eigenvalue weighted by Gasteiger charge is -2.25. The number of cyclic esters (lactones) is 1. The number of amides is 2. The van der Waals surface area contributed by atoms with Gasteiger partial charge >= 0.3 is 5.97 Å². The fourth-order valence-electron chi connectivity index (χ4n) is 3.82. The number of carbonyl (C=O) groups is 3. The minimum Gasteiger partial charge on any atom is -0.433 e. The van der Waals surface area contributed by atoms with Gasteiger partial charge in [-0.25, -0.2) is 0 Å². The van der Waals surface area contributed by atoms with Crippen molar-refractivity contribution in [3.63, 3.8) is 0 Å². The van der Waals surface area contributed by atoms with E-state index < -0.39 is 30.3 Å². The second-order valence-corrected chi connectivity index (χ2v) is 10.1. The summed E-state index contributed by atoms with van der Waals surface area (Å²) in [5.41, 5.74) is 2.79. The molecule has 8 heteroatoms. The van der Waals surface area contributed by atoms with Crippen molar-refractivity contribution in [1.82, 2.24) is 16.0 Å². The molecule has 0 spiro atoms. The zero-order chi connectivity index (χ0) is 27.4. The topological polar surface area (TPSA) is 106 Å². The highest BCUT2D eigenvalue weighted by molar-refractivity contribution is 5.88. The van der Waals surface area contributed by atoms with Gasteiger partial charge < -0.3 is 25.4 Å². The molecule has 1 fully saturated rings. The highest BCUT2D eigenvalue weighted by Crippen LogP contribution is 2.29. The van der Waals surface area contributed by atoms with Crippen molar-refractivity contribution in [3.8, 4) is 0 Å². The monoisotopic (exact) mass is 511 g/mol. The Balaban J connectivity index is 1.75. The van der Waals surface area contributed by atoms with E-state index in [0.717, 1.165) is 16.8 Å². The number of carbonyl (C=O) groups excluding carboxylic acids is 3. The summed E-state index contributed by atoms with van der Waals surface area (Å²) in [4.78, 5) is 36.8. The first-order chi connectivity index (χ1) is 17.5. The van der Waals surface area contributed by atoms with Crippen molar-refractivity contribution in [2.45, 2.75) is 78.9 Å². The Bertz CT molecular complexity index is 995. The standard InChI is InChI=1S/C29H41N3O5/c1-7-8-15-23(29(4,5)6)20(2)30-17-12-16-25(33)31-21(3)27(35)32-24-18-26(34)37-28(24)36-19-22-13-10-9-11-14-22/h7-11,13-15,21,24,28,30H,2,12,16-19H2,1,3-6H3,(H,31,33)(H,32,35)/b8-7-,23-15+. The Labute approximate surface area is 220 Å². The molecule has 0 aromatic heterocycles. The van der Waals surface area contributed by atoms with Crippen LogP contribution in [-0.4, -0.2) is 42.7 Å². The summed E-state index contributed by atoms with van der Waals surface area (Å²) in [6.45, 7) is 14.9. The summed E-state index contributed by atoms with van der Waals surface area (Å²) in [7, 11) is 0. The smallest absolute Gasteiger partial charge is 0.310 e. The number of benzene rings is 1. The first-order valence-electron chi connectivity index (χ1n) is 12.7. The van der Waals surface area contributed by atoms with Gasteiger partial charge in [0.15, 0.2) is 0 Å². The van der Waals surface area contributed by atoms with Gasteiger partial charge in [-0.3, -0.25) is 14.4 Å². The number of rotatable bonds is 13. The van der Waals surface area contributed by atoms with Gasteiger partial charge in [0.05, 0.1) is 13.0 Å². The normalized spacial score (nSPS) is 18.8. The van der Waals surface area contributed by atoms with E-state index in [0.29, 0.717) is 13.0 Å². The first kappa shape index (κ1) is 29.8. The predicted molar refractivity (Wildman–Crippen MR) is 144 cm³/mol. The van der Waals surface area contributed by atoms with Gasteiger partial charge in [-0.15, -0.1) is 0 Å². The second kappa shape index (κ2) is 14.4. The number of nitrogens with one attached hydrogen (secondary N) is 3. The molecular weight excluding hydrogens is 470 g/mol. The molecule has 1 aliphatic rings. The van der Waals surface area contributed by atoms with E-state index in [1.54, 1.807) is 6.92 Å². The van der Waals surface area contributed by atoms with Gasteiger partial charge in [0.1, 0.15) is 12.1 Å². The van der Waals surface area contributed by atoms with E-state index in [2.05, 4.69) is 43.3 Å². The van der Waals surface area contributed by atoms with E-state index in [4.69, 9.17) is 9.47 Å². The fourth-order valence-corrected chi connectivity index (χ4v) is 3.82. The summed E-state index contributed by atoms with van der Waals surface area (Å²) in [5.74, 6) is -1.07. The van der Waals surface area contributed by atoms with Crippen LogP contribution in [0.15, 0.2) is 66.4 Å². The van der Waals surface area contributed by atoms with Gasteiger partial charge in [0.25, 0.3) is 0 Å². The van der Waals surface area contributed by atoms with Crippen LogP contribution in [0.2, 0.25) is 0 Å². The molecule has 0 saturated carbocycles. The molecule has 1 saturated heterocycles. The summed E-state index contributed by atoms with van der Waals surface area (Å²) >= 11 is 0. The molecule has 0 radical (unpaired) electrons. The molecule has 1 heterocycles. The van der Waals surface area contributed by atoms with Crippen molar-refractivity contribution in [2.24, 2.45) is 5.41 Å². The maximum Gasteiger partial charge on any atom is 0.310 e. The van der Waals surface area contributed by atoms with Crippen LogP contribution >= 0.6 is 0 Å². The molecule has 0 bridgehead atoms. The summed E-state index contributed by atoms with van der Waals surface area (Å²) in [6.07, 6.45) is 5.98. The molecule has 1 aromatic rings. The molecule has 2 amide bonds. The molecular formula is C29H41N3O5. The molecule has 3 unspecified atom stereocenters. The zero-order valence-corrected chi connectivity index (χ0v) is 22.6. The molecule has 1 aromatic carbocycles. The maximum atomic E-state index is 12.7. The lowest BCUT2D eigenvalue weighted by atomic mass is 9.84. The highest BCUT2D eigenvalue weighted by Gasteiger charge is 2.37. The van der Waals surface area contributed by atoms with E-state index in [9.17, 15) is 14.4 Å². The van der Waals surface area contributed by atoms with Gasteiger partial charge in [-0.05, 0) is 36.8 Å². The fraction of sp³-hybridized carbons (Fsp3) is 0.483. The third kappa shape index (κ3) is 10.2. The van der Waals surface area contributed by atoms with Gasteiger partial charge in [-0.2, -0.15) is 0 Å². The average Bonchev–Trinajstić information content (AvgIpc) is 3.19. The van der Waals surface area contributed by atoms with Gasteiger partial charge in [0.2, 0.25) is 18.1 Å². The van der Waals surface area contributed by atoms with E-state index in [1.165, 1.54) is 0 Å². The Kier molecular flexibility index (Phi) is 11.6. The van der Waals surface area contributed by atoms with Gasteiger partial charge in [-0.1, -0.05) is 75.9 Å². The summed E-state index contributed by atoms with van der Waals surface area (Å²) < 4.78 is 10.9. The highest BCUT2D eigenvalue weighted by atomic mass is 16.7. The Morgan fingerprint density at radius 1 is 1.24 bits per heavy atom. The van der Waals surface area contributed by atoms with Crippen LogP contribution in [0.1, 0.15) is 59.4 Å². The minimum absolute atomic E-state index is 0.0144. The van der Waals surface area contributed by atoms with Crippen LogP contribution < -0.4 is 16.0 Å². The number of hydrogen-bond donors (Lipinski definition) is 3. The van der Waals surface area contributed by atoms with Crippen LogP contribution in [0.4, 0.5) is 0 Å². The molecule has 2 rings (SSSR count). The largest absolute Gasteiger partial charge is 0.433 e. The number of esters is 1. The van der Waals surface area contributed by atoms with Crippen molar-refractivity contribution in [2.75, 3.05) is 6.54 Å². The van der Waals surface area contributed by atoms with Crippen molar-refractivity contribution >= 4 is 17.8 Å². The molecule has 3 atom stereocenters. The predicted octanol–water partition coefficient (Wildman–Crippen LogP) is 3.90. The second-order valence-electron chi connectivity index (χ2n) is 10.1. The van der Waals surface area contributed by atoms with E-state index in [1.807, 2.05) is 55.5 Å². The summed E-state index contributed by atoms with van der Waals surface area (Å²) in [6, 6.07) is 8.09. The van der Waals surface area contributed by atoms with Crippen LogP contribution in [0, 0.1) is 5.41 Å².